The molecule has 15 heteroatoms. The molecule has 2 amide bonds. The molecule has 2 atom stereocenters. The first-order valence-electron chi connectivity index (χ1n) is 10.6. The number of likely N-dealkylation sites (tertiary alicyclic amines) is 1. The summed E-state index contributed by atoms with van der Waals surface area (Å²) in [7, 11) is 2.74. The minimum atomic E-state index is -4.74. The van der Waals surface area contributed by atoms with E-state index in [-0.39, 0.29) is 41.7 Å². The smallest absolute Gasteiger partial charge is 0.418 e. The molecule has 3 aromatic rings. The van der Waals surface area contributed by atoms with Crippen molar-refractivity contribution >= 4 is 23.3 Å². The Morgan fingerprint density at radius 2 is 2.03 bits per heavy atom. The van der Waals surface area contributed by atoms with Gasteiger partial charge >= 0.3 is 12.3 Å². The topological polar surface area (TPSA) is 157 Å². The van der Waals surface area contributed by atoms with E-state index < -0.39 is 41.3 Å². The van der Waals surface area contributed by atoms with Crippen LogP contribution in [0.4, 0.5) is 23.8 Å². The largest absolute Gasteiger partial charge is 0.480 e. The average molecular weight is 509 g/mol. The van der Waals surface area contributed by atoms with Gasteiger partial charge in [-0.15, -0.1) is 0 Å². The predicted octanol–water partition coefficient (Wildman–Crippen LogP) is 1.90. The van der Waals surface area contributed by atoms with Crippen LogP contribution in [0, 0.1) is 0 Å². The minimum absolute atomic E-state index is 0.0197. The van der Waals surface area contributed by atoms with Gasteiger partial charge in [0.25, 0.3) is 5.91 Å². The number of nitrogens with zero attached hydrogens (tertiary/aromatic N) is 5. The highest BCUT2D eigenvalue weighted by Gasteiger charge is 2.38. The lowest BCUT2D eigenvalue weighted by atomic mass is 10.1. The molecule has 1 fully saturated rings. The van der Waals surface area contributed by atoms with E-state index in [9.17, 15) is 27.9 Å². The summed E-state index contributed by atoms with van der Waals surface area (Å²) in [5, 5.41) is 16.1. The van der Waals surface area contributed by atoms with Gasteiger partial charge in [-0.1, -0.05) is 0 Å². The number of aromatic nitrogens is 4. The van der Waals surface area contributed by atoms with Crippen molar-refractivity contribution < 1.29 is 37.3 Å². The summed E-state index contributed by atoms with van der Waals surface area (Å²) < 4.78 is 52.3. The maximum absolute atomic E-state index is 13.7. The lowest BCUT2D eigenvalue weighted by Gasteiger charge is -2.19. The van der Waals surface area contributed by atoms with Gasteiger partial charge in [0, 0.05) is 31.5 Å². The Morgan fingerprint density at radius 3 is 2.67 bits per heavy atom. The number of ether oxygens (including phenoxy) is 2. The second kappa shape index (κ2) is 9.49. The molecule has 4 rings (SSSR count). The molecule has 12 nitrogen and oxygen atoms in total. The van der Waals surface area contributed by atoms with E-state index in [1.54, 1.807) is 0 Å². The van der Waals surface area contributed by atoms with Crippen LogP contribution in [-0.2, 0) is 10.9 Å². The molecular weight excluding hydrogens is 487 g/mol. The van der Waals surface area contributed by atoms with Gasteiger partial charge in [-0.05, 0) is 18.6 Å². The number of carboxylic acid groups (broad SMARTS) is 1. The normalized spacial score (nSPS) is 18.0. The number of alkyl halides is 3. The first kappa shape index (κ1) is 25.0. The van der Waals surface area contributed by atoms with Gasteiger partial charge in [0.05, 0.1) is 31.0 Å². The first-order valence-corrected chi connectivity index (χ1v) is 10.6. The summed E-state index contributed by atoms with van der Waals surface area (Å²) in [6.45, 7) is 0.200. The van der Waals surface area contributed by atoms with Crippen LogP contribution in [-0.4, -0.2) is 81.0 Å². The summed E-state index contributed by atoms with van der Waals surface area (Å²) >= 11 is 0. The zero-order valence-corrected chi connectivity index (χ0v) is 19.1. The molecule has 2 unspecified atom stereocenters. The number of rotatable bonds is 6. The van der Waals surface area contributed by atoms with Crippen molar-refractivity contribution in [1.29, 1.82) is 0 Å². The molecule has 1 aliphatic heterocycles. The van der Waals surface area contributed by atoms with Crippen LogP contribution >= 0.6 is 0 Å². The van der Waals surface area contributed by atoms with Gasteiger partial charge < -0.3 is 30.5 Å². The number of nitrogens with one attached hydrogen (secondary N) is 1. The lowest BCUT2D eigenvalue weighted by molar-refractivity contribution is -0.136. The minimum Gasteiger partial charge on any atom is -0.480 e. The van der Waals surface area contributed by atoms with Crippen molar-refractivity contribution in [2.75, 3.05) is 33.1 Å². The Hall–Kier alpha value is -4.14. The van der Waals surface area contributed by atoms with E-state index in [0.717, 1.165) is 16.9 Å². The highest BCUT2D eigenvalue weighted by molar-refractivity contribution is 5.98. The van der Waals surface area contributed by atoms with Crippen LogP contribution in [0.25, 0.3) is 16.8 Å². The number of hydrogen-bond donors (Lipinski definition) is 3. The predicted molar refractivity (Wildman–Crippen MR) is 118 cm³/mol. The maximum atomic E-state index is 13.7. The van der Waals surface area contributed by atoms with Crippen molar-refractivity contribution in [1.82, 2.24) is 29.8 Å². The lowest BCUT2D eigenvalue weighted by Crippen LogP contribution is -2.39. The molecule has 0 aliphatic carbocycles. The maximum Gasteiger partial charge on any atom is 0.418 e. The highest BCUT2D eigenvalue weighted by Crippen LogP contribution is 2.39. The zero-order valence-electron chi connectivity index (χ0n) is 19.1. The van der Waals surface area contributed by atoms with Crippen LogP contribution in [0.2, 0.25) is 0 Å². The van der Waals surface area contributed by atoms with Gasteiger partial charge in [0.2, 0.25) is 5.88 Å². The molecule has 4 N–H and O–H groups in total. The van der Waals surface area contributed by atoms with E-state index in [2.05, 4.69) is 20.4 Å². The standard InChI is InChI=1S/C21H22F3N7O5/c1-35-8-12-4-11(7-30(12)20(33)34)29-18(32)13-3-10(6-26-19(13)36-2)15-5-14(21(22,23)24)16-17(25)27-9-28-31(15)16/h3,5-6,9,11-12H,4,7-8H2,1-2H3,(H,29,32)(H,33,34)(H2,25,27,28). The summed E-state index contributed by atoms with van der Waals surface area (Å²) in [4.78, 5) is 33.6. The van der Waals surface area contributed by atoms with Gasteiger partial charge in [-0.3, -0.25) is 4.79 Å². The van der Waals surface area contributed by atoms with Gasteiger partial charge in [0.15, 0.2) is 5.82 Å². The Morgan fingerprint density at radius 1 is 1.28 bits per heavy atom. The Bertz CT molecular complexity index is 1310. The molecule has 3 aromatic heterocycles. The number of anilines is 1. The fourth-order valence-electron chi connectivity index (χ4n) is 4.28. The van der Waals surface area contributed by atoms with Crippen LogP contribution in [0.15, 0.2) is 24.7 Å². The number of pyridine rings is 1. The number of methoxy groups -OCH3 is 2. The quantitative estimate of drug-likeness (QED) is 0.451. The van der Waals surface area contributed by atoms with Crippen molar-refractivity contribution in [3.63, 3.8) is 0 Å². The molecule has 1 aliphatic rings. The molecular formula is C21H22F3N7O5. The van der Waals surface area contributed by atoms with E-state index in [1.807, 2.05) is 0 Å². The second-order valence-electron chi connectivity index (χ2n) is 8.08. The summed E-state index contributed by atoms with van der Waals surface area (Å²) in [6.07, 6.45) is -3.31. The van der Waals surface area contributed by atoms with Gasteiger partial charge in [0.1, 0.15) is 17.4 Å². The second-order valence-corrected chi connectivity index (χ2v) is 8.08. The fourth-order valence-corrected chi connectivity index (χ4v) is 4.28. The van der Waals surface area contributed by atoms with E-state index in [0.29, 0.717) is 6.42 Å². The number of amides is 2. The number of nitrogens with two attached hydrogens (primary N) is 1. The molecule has 0 radical (unpaired) electrons. The number of hydrogen-bond acceptors (Lipinski definition) is 8. The summed E-state index contributed by atoms with van der Waals surface area (Å²) in [5.74, 6) is -1.07. The molecule has 1 saturated heterocycles. The number of carbonyl (C=O) groups is 2. The molecule has 4 heterocycles. The van der Waals surface area contributed by atoms with Crippen molar-refractivity contribution in [2.45, 2.75) is 24.7 Å². The Labute approximate surface area is 201 Å². The van der Waals surface area contributed by atoms with Gasteiger partial charge in [-0.2, -0.15) is 18.3 Å². The third kappa shape index (κ3) is 4.56. The molecule has 0 aromatic carbocycles. The molecule has 0 spiro atoms. The van der Waals surface area contributed by atoms with Crippen LogP contribution in [0.5, 0.6) is 5.88 Å². The number of halogens is 3. The van der Waals surface area contributed by atoms with Crippen molar-refractivity contribution in [3.8, 4) is 17.1 Å². The van der Waals surface area contributed by atoms with Gasteiger partial charge in [-0.25, -0.2) is 19.3 Å². The number of carbonyl (C=O) groups excluding carboxylic acids is 1. The monoisotopic (exact) mass is 509 g/mol. The number of nitrogen functional groups attached to an aromatic ring is 1. The van der Waals surface area contributed by atoms with Crippen LogP contribution in [0.3, 0.4) is 0 Å². The third-order valence-electron chi connectivity index (χ3n) is 5.83. The average Bonchev–Trinajstić information content (AvgIpc) is 3.41. The highest BCUT2D eigenvalue weighted by atomic mass is 19.4. The Kier molecular flexibility index (Phi) is 6.58. The van der Waals surface area contributed by atoms with Crippen molar-refractivity contribution in [3.05, 3.63) is 35.8 Å². The molecule has 36 heavy (non-hydrogen) atoms. The summed E-state index contributed by atoms with van der Waals surface area (Å²) in [5.41, 5.74) is 4.30. The number of fused-ring (bicyclic) bond motifs is 1. The zero-order chi connectivity index (χ0) is 26.2. The van der Waals surface area contributed by atoms with Crippen molar-refractivity contribution in [2.24, 2.45) is 0 Å². The van der Waals surface area contributed by atoms with Crippen LogP contribution in [0.1, 0.15) is 22.3 Å². The molecule has 192 valence electrons. The first-order chi connectivity index (χ1) is 17.0. The molecule has 0 saturated carbocycles. The Balaban J connectivity index is 1.70. The third-order valence-corrected chi connectivity index (χ3v) is 5.83. The van der Waals surface area contributed by atoms with Crippen LogP contribution < -0.4 is 15.8 Å². The molecule has 0 bridgehead atoms. The fraction of sp³-hybridized carbons (Fsp3) is 0.381. The summed E-state index contributed by atoms with van der Waals surface area (Å²) in [6, 6.07) is 1.20. The van der Waals surface area contributed by atoms with E-state index in [4.69, 9.17) is 15.2 Å². The van der Waals surface area contributed by atoms with E-state index >= 15 is 0 Å². The SMILES string of the molecule is COCC1CC(NC(=O)c2cc(-c3cc(C(F)(F)F)c4c(N)ncnn34)cnc2OC)CN1C(=O)O. The van der Waals surface area contributed by atoms with E-state index in [1.165, 1.54) is 31.4 Å².